The fourth-order valence-corrected chi connectivity index (χ4v) is 2.69. The summed E-state index contributed by atoms with van der Waals surface area (Å²) in [6.45, 7) is 2.00. The van der Waals surface area contributed by atoms with E-state index in [1.54, 1.807) is 31.3 Å². The number of hydrogen-bond donors (Lipinski definition) is 1. The molecule has 8 heteroatoms. The number of hydrogen-bond acceptors (Lipinski definition) is 4. The lowest BCUT2D eigenvalue weighted by Crippen LogP contribution is -2.11. The summed E-state index contributed by atoms with van der Waals surface area (Å²) >= 11 is 12.2. The first-order valence-electron chi connectivity index (χ1n) is 6.97. The first-order chi connectivity index (χ1) is 11.5. The van der Waals surface area contributed by atoms with E-state index in [1.807, 2.05) is 0 Å². The molecule has 0 amide bonds. The van der Waals surface area contributed by atoms with Gasteiger partial charge < -0.3 is 9.67 Å². The lowest BCUT2D eigenvalue weighted by Gasteiger charge is -2.11. The molecule has 0 aliphatic heterocycles. The van der Waals surface area contributed by atoms with Crippen molar-refractivity contribution in [2.45, 2.75) is 13.5 Å². The molecule has 0 saturated carbocycles. The minimum Gasteiger partial charge on any atom is -0.477 e. The van der Waals surface area contributed by atoms with Gasteiger partial charge in [-0.15, -0.1) is 0 Å². The molecule has 0 fully saturated rings. The number of benzene rings is 1. The quantitative estimate of drug-likeness (QED) is 0.764. The molecule has 1 N–H and O–H groups in total. The fraction of sp³-hybridized carbons (Fsp3) is 0.125. The number of aromatic carboxylic acids is 1. The minimum atomic E-state index is -1.09. The van der Waals surface area contributed by atoms with E-state index < -0.39 is 5.97 Å². The lowest BCUT2D eigenvalue weighted by molar-refractivity contribution is 0.0686. The third-order valence-electron chi connectivity index (χ3n) is 3.40. The Balaban J connectivity index is 2.13. The van der Waals surface area contributed by atoms with Crippen LogP contribution < -0.4 is 0 Å². The first kappa shape index (κ1) is 16.4. The number of aryl methyl sites for hydroxylation is 1. The van der Waals surface area contributed by atoms with Crippen molar-refractivity contribution in [1.29, 1.82) is 0 Å². The Morgan fingerprint density at radius 2 is 2.04 bits per heavy atom. The van der Waals surface area contributed by atoms with Crippen molar-refractivity contribution in [2.24, 2.45) is 0 Å². The van der Waals surface area contributed by atoms with Gasteiger partial charge in [-0.3, -0.25) is 4.98 Å². The second-order valence-electron chi connectivity index (χ2n) is 5.14. The van der Waals surface area contributed by atoms with Crippen LogP contribution in [0.2, 0.25) is 10.0 Å². The van der Waals surface area contributed by atoms with Gasteiger partial charge in [-0.05, 0) is 30.7 Å². The van der Waals surface area contributed by atoms with Gasteiger partial charge in [0, 0.05) is 16.2 Å². The summed E-state index contributed by atoms with van der Waals surface area (Å²) in [4.78, 5) is 24.2. The maximum absolute atomic E-state index is 11.5. The number of imidazole rings is 1. The average Bonchev–Trinajstić information content (AvgIpc) is 2.95. The maximum Gasteiger partial charge on any atom is 0.354 e. The lowest BCUT2D eigenvalue weighted by atomic mass is 10.2. The Morgan fingerprint density at radius 1 is 1.25 bits per heavy atom. The summed E-state index contributed by atoms with van der Waals surface area (Å²) in [5, 5.41) is 10.4. The van der Waals surface area contributed by atoms with Crippen LogP contribution in [0.1, 0.15) is 21.7 Å². The number of nitrogens with zero attached hydrogens (tertiary/aromatic N) is 4. The fourth-order valence-electron chi connectivity index (χ4n) is 2.32. The highest BCUT2D eigenvalue weighted by Gasteiger charge is 2.19. The van der Waals surface area contributed by atoms with Gasteiger partial charge in [-0.2, -0.15) is 0 Å². The van der Waals surface area contributed by atoms with E-state index in [1.165, 1.54) is 17.0 Å². The van der Waals surface area contributed by atoms with Crippen molar-refractivity contribution in [1.82, 2.24) is 19.5 Å². The van der Waals surface area contributed by atoms with Crippen molar-refractivity contribution in [2.75, 3.05) is 0 Å². The summed E-state index contributed by atoms with van der Waals surface area (Å²) < 4.78 is 1.53. The Bertz CT molecular complexity index is 924. The average molecular weight is 363 g/mol. The maximum atomic E-state index is 11.5. The minimum absolute atomic E-state index is 0.0318. The normalized spacial score (nSPS) is 10.8. The summed E-state index contributed by atoms with van der Waals surface area (Å²) in [5.74, 6) is -0.688. The molecule has 1 aromatic carbocycles. The van der Waals surface area contributed by atoms with Gasteiger partial charge in [-0.1, -0.05) is 23.2 Å². The molecule has 0 radical (unpaired) electrons. The molecule has 0 aliphatic carbocycles. The molecule has 122 valence electrons. The topological polar surface area (TPSA) is 80.9 Å². The second-order valence-corrected chi connectivity index (χ2v) is 5.98. The molecule has 3 rings (SSSR count). The molecular formula is C16H12Cl2N4O2. The van der Waals surface area contributed by atoms with Gasteiger partial charge in [0.1, 0.15) is 11.4 Å². The molecular weight excluding hydrogens is 351 g/mol. The molecule has 24 heavy (non-hydrogen) atoms. The Hall–Kier alpha value is -2.44. The van der Waals surface area contributed by atoms with E-state index >= 15 is 0 Å². The van der Waals surface area contributed by atoms with E-state index in [-0.39, 0.29) is 12.2 Å². The van der Waals surface area contributed by atoms with Gasteiger partial charge >= 0.3 is 5.97 Å². The number of halogens is 2. The molecule has 0 bridgehead atoms. The standard InChI is InChI=1S/C16H12Cl2N4O2/c1-9-5-19-6-13(21-9)15-20-7-14(16(23)24)22(15)8-10-4-11(17)2-3-12(10)18/h2-7H,8H2,1H3,(H,23,24). The zero-order valence-corrected chi connectivity index (χ0v) is 14.1. The zero-order chi connectivity index (χ0) is 17.3. The number of carboxylic acids is 1. The van der Waals surface area contributed by atoms with Crippen LogP contribution in [0.4, 0.5) is 0 Å². The van der Waals surface area contributed by atoms with Gasteiger partial charge in [0.25, 0.3) is 0 Å². The highest BCUT2D eigenvalue weighted by atomic mass is 35.5. The second kappa shape index (κ2) is 6.59. The highest BCUT2D eigenvalue weighted by molar-refractivity contribution is 6.33. The SMILES string of the molecule is Cc1cncc(-c2ncc(C(=O)O)n2Cc2cc(Cl)ccc2Cl)n1. The summed E-state index contributed by atoms with van der Waals surface area (Å²) in [5.41, 5.74) is 1.91. The molecule has 2 heterocycles. The molecule has 3 aromatic rings. The van der Waals surface area contributed by atoms with Gasteiger partial charge in [0.05, 0.1) is 24.6 Å². The van der Waals surface area contributed by atoms with E-state index in [9.17, 15) is 9.90 Å². The van der Waals surface area contributed by atoms with Gasteiger partial charge in [0.2, 0.25) is 0 Å². The van der Waals surface area contributed by atoms with Crippen LogP contribution in [0.25, 0.3) is 11.5 Å². The largest absolute Gasteiger partial charge is 0.477 e. The molecule has 0 saturated heterocycles. The van der Waals surface area contributed by atoms with Crippen LogP contribution in [0.15, 0.2) is 36.8 Å². The first-order valence-corrected chi connectivity index (χ1v) is 7.73. The van der Waals surface area contributed by atoms with Crippen molar-refractivity contribution in [3.8, 4) is 11.5 Å². The van der Waals surface area contributed by atoms with Crippen molar-refractivity contribution >= 4 is 29.2 Å². The van der Waals surface area contributed by atoms with Crippen molar-refractivity contribution < 1.29 is 9.90 Å². The van der Waals surface area contributed by atoms with Crippen LogP contribution in [-0.4, -0.2) is 30.6 Å². The molecule has 0 spiro atoms. The molecule has 2 aromatic heterocycles. The Morgan fingerprint density at radius 3 is 2.75 bits per heavy atom. The summed E-state index contributed by atoms with van der Waals surface area (Å²) in [6.07, 6.45) is 4.44. The van der Waals surface area contributed by atoms with E-state index in [0.29, 0.717) is 32.8 Å². The van der Waals surface area contributed by atoms with Crippen molar-refractivity contribution in [3.63, 3.8) is 0 Å². The van der Waals surface area contributed by atoms with E-state index in [0.717, 1.165) is 0 Å². The van der Waals surface area contributed by atoms with Crippen LogP contribution in [0.3, 0.4) is 0 Å². The third-order valence-corrected chi connectivity index (χ3v) is 4.00. The predicted molar refractivity (Wildman–Crippen MR) is 90.5 cm³/mol. The van der Waals surface area contributed by atoms with E-state index in [4.69, 9.17) is 23.2 Å². The predicted octanol–water partition coefficient (Wildman–Crippen LogP) is 3.70. The number of rotatable bonds is 4. The third kappa shape index (κ3) is 3.25. The van der Waals surface area contributed by atoms with Crippen molar-refractivity contribution in [3.05, 3.63) is 63.8 Å². The molecule has 0 unspecified atom stereocenters. The molecule has 6 nitrogen and oxygen atoms in total. The van der Waals surface area contributed by atoms with Crippen LogP contribution in [-0.2, 0) is 6.54 Å². The van der Waals surface area contributed by atoms with E-state index in [2.05, 4.69) is 15.0 Å². The summed E-state index contributed by atoms with van der Waals surface area (Å²) in [7, 11) is 0. The van der Waals surface area contributed by atoms with Gasteiger partial charge in [-0.25, -0.2) is 14.8 Å². The Labute approximate surface area is 147 Å². The molecule has 0 aliphatic rings. The molecule has 0 atom stereocenters. The van der Waals surface area contributed by atoms with Crippen LogP contribution in [0.5, 0.6) is 0 Å². The number of carbonyl (C=O) groups is 1. The summed E-state index contributed by atoms with van der Waals surface area (Å²) in [6, 6.07) is 5.04. The van der Waals surface area contributed by atoms with Crippen LogP contribution in [0, 0.1) is 6.92 Å². The number of carboxylic acid groups (broad SMARTS) is 1. The smallest absolute Gasteiger partial charge is 0.354 e. The monoisotopic (exact) mass is 362 g/mol. The highest BCUT2D eigenvalue weighted by Crippen LogP contribution is 2.25. The zero-order valence-electron chi connectivity index (χ0n) is 12.6. The van der Waals surface area contributed by atoms with Crippen LogP contribution >= 0.6 is 23.2 Å². The number of aromatic nitrogens is 4. The Kier molecular flexibility index (Phi) is 4.51. The van der Waals surface area contributed by atoms with Gasteiger partial charge in [0.15, 0.2) is 5.82 Å².